The molecule has 2 unspecified atom stereocenters. The Morgan fingerprint density at radius 1 is 1.56 bits per heavy atom. The van der Waals surface area contributed by atoms with Crippen molar-refractivity contribution < 1.29 is 9.53 Å². The summed E-state index contributed by atoms with van der Waals surface area (Å²) in [5.74, 6) is 0.472. The van der Waals surface area contributed by atoms with Crippen molar-refractivity contribution >= 4 is 16.8 Å². The first-order valence-corrected chi connectivity index (χ1v) is 6.65. The second kappa shape index (κ2) is 6.90. The highest BCUT2D eigenvalue weighted by Gasteiger charge is 2.15. The topological polar surface area (TPSA) is 44.1 Å². The molecular formula is C13H21ClN2O2. The Kier molecular flexibility index (Phi) is 5.82. The summed E-state index contributed by atoms with van der Waals surface area (Å²) in [5, 5.41) is 3.69. The number of carbonyl (C=O) groups excluding carboxylic acids is 1. The lowest BCUT2D eigenvalue weighted by atomic mass is 9.98. The standard InChI is InChI=1S/C13H21ClN2O2/c1-5-16-11(8-12(15-16)13(14)17)7-9(2)6-10(3)18-4/h8-10H,5-7H2,1-4H3. The van der Waals surface area contributed by atoms with Crippen molar-refractivity contribution in [2.24, 2.45) is 5.92 Å². The summed E-state index contributed by atoms with van der Waals surface area (Å²) < 4.78 is 7.10. The first-order chi connectivity index (χ1) is 8.47. The summed E-state index contributed by atoms with van der Waals surface area (Å²) in [6.07, 6.45) is 2.10. The number of ether oxygens (including phenoxy) is 1. The molecule has 0 saturated carbocycles. The molecule has 0 aliphatic carbocycles. The predicted octanol–water partition coefficient (Wildman–Crippen LogP) is 2.89. The minimum atomic E-state index is -0.499. The molecule has 1 rings (SSSR count). The molecule has 1 heterocycles. The molecule has 0 aromatic carbocycles. The van der Waals surface area contributed by atoms with Gasteiger partial charge in [0.05, 0.1) is 6.10 Å². The Bertz CT molecular complexity index is 404. The monoisotopic (exact) mass is 272 g/mol. The van der Waals surface area contributed by atoms with Crippen LogP contribution in [0.4, 0.5) is 0 Å². The van der Waals surface area contributed by atoms with E-state index in [1.165, 1.54) is 0 Å². The molecule has 0 aliphatic heterocycles. The molecule has 0 amide bonds. The third-order valence-corrected chi connectivity index (χ3v) is 3.25. The molecule has 18 heavy (non-hydrogen) atoms. The van der Waals surface area contributed by atoms with Crippen LogP contribution in [0.1, 0.15) is 43.4 Å². The normalized spacial score (nSPS) is 14.5. The van der Waals surface area contributed by atoms with Crippen LogP contribution < -0.4 is 0 Å². The average Bonchev–Trinajstić information content (AvgIpc) is 2.71. The molecule has 0 saturated heterocycles. The molecule has 0 N–H and O–H groups in total. The molecule has 0 radical (unpaired) electrons. The molecule has 1 aromatic heterocycles. The van der Waals surface area contributed by atoms with Gasteiger partial charge in [0.15, 0.2) is 0 Å². The summed E-state index contributed by atoms with van der Waals surface area (Å²) in [6.45, 7) is 6.97. The lowest BCUT2D eigenvalue weighted by Gasteiger charge is -2.16. The van der Waals surface area contributed by atoms with Crippen LogP contribution in [0.3, 0.4) is 0 Å². The maximum absolute atomic E-state index is 11.1. The SMILES string of the molecule is CCn1nc(C(=O)Cl)cc1CC(C)CC(C)OC. The van der Waals surface area contributed by atoms with Crippen molar-refractivity contribution in [2.45, 2.75) is 46.3 Å². The number of halogens is 1. The van der Waals surface area contributed by atoms with E-state index in [0.29, 0.717) is 11.6 Å². The molecular weight excluding hydrogens is 252 g/mol. The van der Waals surface area contributed by atoms with Gasteiger partial charge in [-0.2, -0.15) is 5.10 Å². The Balaban J connectivity index is 2.73. The lowest BCUT2D eigenvalue weighted by molar-refractivity contribution is 0.0971. The second-order valence-electron chi connectivity index (χ2n) is 4.70. The molecule has 0 fully saturated rings. The molecule has 1 aromatic rings. The van der Waals surface area contributed by atoms with Gasteiger partial charge in [0.2, 0.25) is 0 Å². The number of aryl methyl sites for hydroxylation is 1. The number of hydrogen-bond acceptors (Lipinski definition) is 3. The summed E-state index contributed by atoms with van der Waals surface area (Å²) in [4.78, 5) is 11.1. The average molecular weight is 273 g/mol. The van der Waals surface area contributed by atoms with Crippen LogP contribution in [-0.2, 0) is 17.7 Å². The van der Waals surface area contributed by atoms with Gasteiger partial charge in [-0.15, -0.1) is 0 Å². The highest BCUT2D eigenvalue weighted by Crippen LogP contribution is 2.17. The predicted molar refractivity (Wildman–Crippen MR) is 72.0 cm³/mol. The Labute approximate surface area is 113 Å². The Hall–Kier alpha value is -0.870. The summed E-state index contributed by atoms with van der Waals surface area (Å²) in [5.41, 5.74) is 1.39. The highest BCUT2D eigenvalue weighted by molar-refractivity contribution is 6.67. The van der Waals surface area contributed by atoms with E-state index in [1.807, 2.05) is 11.6 Å². The quantitative estimate of drug-likeness (QED) is 0.717. The fourth-order valence-corrected chi connectivity index (χ4v) is 2.19. The Morgan fingerprint density at radius 2 is 2.22 bits per heavy atom. The van der Waals surface area contributed by atoms with Crippen molar-refractivity contribution in [3.63, 3.8) is 0 Å². The first kappa shape index (κ1) is 15.2. The van der Waals surface area contributed by atoms with Crippen molar-refractivity contribution in [2.75, 3.05) is 7.11 Å². The van der Waals surface area contributed by atoms with Crippen LogP contribution >= 0.6 is 11.6 Å². The maximum atomic E-state index is 11.1. The zero-order valence-corrected chi connectivity index (χ0v) is 12.2. The third-order valence-electron chi connectivity index (χ3n) is 3.06. The van der Waals surface area contributed by atoms with E-state index in [1.54, 1.807) is 13.2 Å². The smallest absolute Gasteiger partial charge is 0.272 e. The van der Waals surface area contributed by atoms with Crippen LogP contribution in [0.5, 0.6) is 0 Å². The van der Waals surface area contributed by atoms with Crippen LogP contribution in [0, 0.1) is 5.92 Å². The van der Waals surface area contributed by atoms with E-state index in [9.17, 15) is 4.79 Å². The largest absolute Gasteiger partial charge is 0.382 e. The van der Waals surface area contributed by atoms with Gasteiger partial charge in [0.25, 0.3) is 5.24 Å². The Morgan fingerprint density at radius 3 is 2.72 bits per heavy atom. The van der Waals surface area contributed by atoms with Gasteiger partial charge in [-0.25, -0.2) is 0 Å². The van der Waals surface area contributed by atoms with E-state index < -0.39 is 5.24 Å². The minimum Gasteiger partial charge on any atom is -0.382 e. The van der Waals surface area contributed by atoms with E-state index in [-0.39, 0.29) is 6.10 Å². The molecule has 102 valence electrons. The van der Waals surface area contributed by atoms with Gasteiger partial charge in [-0.05, 0) is 50.3 Å². The minimum absolute atomic E-state index is 0.243. The van der Waals surface area contributed by atoms with Crippen molar-refractivity contribution in [3.8, 4) is 0 Å². The molecule has 2 atom stereocenters. The summed E-state index contributed by atoms with van der Waals surface area (Å²) in [6, 6.07) is 1.78. The van der Waals surface area contributed by atoms with Crippen molar-refractivity contribution in [1.82, 2.24) is 9.78 Å². The number of hydrogen-bond donors (Lipinski definition) is 0. The number of rotatable bonds is 7. The van der Waals surface area contributed by atoms with Gasteiger partial charge in [0, 0.05) is 19.3 Å². The zero-order chi connectivity index (χ0) is 13.7. The van der Waals surface area contributed by atoms with Gasteiger partial charge >= 0.3 is 0 Å². The number of methoxy groups -OCH3 is 1. The van der Waals surface area contributed by atoms with Crippen LogP contribution in [0.25, 0.3) is 0 Å². The number of carbonyl (C=O) groups is 1. The van der Waals surface area contributed by atoms with E-state index in [0.717, 1.165) is 25.1 Å². The number of aromatic nitrogens is 2. The van der Waals surface area contributed by atoms with Gasteiger partial charge in [-0.1, -0.05) is 6.92 Å². The molecule has 0 bridgehead atoms. The fraction of sp³-hybridized carbons (Fsp3) is 0.692. The van der Waals surface area contributed by atoms with E-state index in [2.05, 4.69) is 18.9 Å². The summed E-state index contributed by atoms with van der Waals surface area (Å²) in [7, 11) is 1.72. The number of nitrogens with zero attached hydrogens (tertiary/aromatic N) is 2. The highest BCUT2D eigenvalue weighted by atomic mass is 35.5. The molecule has 0 aliphatic rings. The maximum Gasteiger partial charge on any atom is 0.272 e. The summed E-state index contributed by atoms with van der Waals surface area (Å²) >= 11 is 5.45. The van der Waals surface area contributed by atoms with Crippen molar-refractivity contribution in [3.05, 3.63) is 17.5 Å². The van der Waals surface area contributed by atoms with Gasteiger partial charge in [0.1, 0.15) is 5.69 Å². The zero-order valence-electron chi connectivity index (χ0n) is 11.4. The van der Waals surface area contributed by atoms with E-state index in [4.69, 9.17) is 16.3 Å². The molecule has 5 heteroatoms. The third kappa shape index (κ3) is 4.10. The second-order valence-corrected chi connectivity index (χ2v) is 5.04. The van der Waals surface area contributed by atoms with Gasteiger partial charge in [-0.3, -0.25) is 9.48 Å². The first-order valence-electron chi connectivity index (χ1n) is 6.27. The van der Waals surface area contributed by atoms with Crippen LogP contribution in [0.15, 0.2) is 6.07 Å². The lowest BCUT2D eigenvalue weighted by Crippen LogP contribution is -2.14. The molecule has 0 spiro atoms. The van der Waals surface area contributed by atoms with Gasteiger partial charge < -0.3 is 4.74 Å². The van der Waals surface area contributed by atoms with E-state index >= 15 is 0 Å². The molecule has 4 nitrogen and oxygen atoms in total. The fourth-order valence-electron chi connectivity index (χ4n) is 2.09. The van der Waals surface area contributed by atoms with Crippen LogP contribution in [0.2, 0.25) is 0 Å². The van der Waals surface area contributed by atoms with Crippen molar-refractivity contribution in [1.29, 1.82) is 0 Å². The van der Waals surface area contributed by atoms with Crippen LogP contribution in [-0.4, -0.2) is 28.2 Å².